The lowest BCUT2D eigenvalue weighted by atomic mass is 9.91. The highest BCUT2D eigenvalue weighted by Gasteiger charge is 2.33. The predicted octanol–water partition coefficient (Wildman–Crippen LogP) is 2.19. The average Bonchev–Trinajstić information content (AvgIpc) is 2.87. The van der Waals surface area contributed by atoms with E-state index in [1.54, 1.807) is 0 Å². The van der Waals surface area contributed by atoms with Gasteiger partial charge in [0.15, 0.2) is 0 Å². The summed E-state index contributed by atoms with van der Waals surface area (Å²) in [6.07, 6.45) is 1.22. The summed E-state index contributed by atoms with van der Waals surface area (Å²) in [6, 6.07) is 9.67. The van der Waals surface area contributed by atoms with E-state index in [4.69, 9.17) is 0 Å². The van der Waals surface area contributed by atoms with Crippen LogP contribution in [0, 0.1) is 11.3 Å². The van der Waals surface area contributed by atoms with Gasteiger partial charge in [0.05, 0.1) is 5.41 Å². The Kier molecular flexibility index (Phi) is 5.37. The van der Waals surface area contributed by atoms with Gasteiger partial charge in [0.1, 0.15) is 0 Å². The first-order valence-electron chi connectivity index (χ1n) is 7.75. The molecule has 1 atom stereocenters. The van der Waals surface area contributed by atoms with Crippen LogP contribution in [0.3, 0.4) is 0 Å². The van der Waals surface area contributed by atoms with Gasteiger partial charge in [0.2, 0.25) is 5.91 Å². The third-order valence-electron chi connectivity index (χ3n) is 4.13. The molecule has 0 aliphatic carbocycles. The van der Waals surface area contributed by atoms with Crippen molar-refractivity contribution < 1.29 is 4.79 Å². The molecule has 1 aromatic rings. The molecule has 2 rings (SSSR count). The van der Waals surface area contributed by atoms with Gasteiger partial charge < -0.3 is 15.5 Å². The molecule has 1 aliphatic heterocycles. The minimum Gasteiger partial charge on any atom is -0.326 e. The van der Waals surface area contributed by atoms with Crippen LogP contribution in [-0.4, -0.2) is 44.0 Å². The second-order valence-electron chi connectivity index (χ2n) is 6.65. The maximum atomic E-state index is 12.5. The van der Waals surface area contributed by atoms with Gasteiger partial charge in [0.25, 0.3) is 0 Å². The molecule has 1 amide bonds. The van der Waals surface area contributed by atoms with E-state index < -0.39 is 0 Å². The fourth-order valence-electron chi connectivity index (χ4n) is 2.96. The molecule has 1 aliphatic rings. The zero-order chi connectivity index (χ0) is 15.3. The van der Waals surface area contributed by atoms with Crippen molar-refractivity contribution in [3.05, 3.63) is 30.3 Å². The smallest absolute Gasteiger partial charge is 0.231 e. The molecule has 4 heteroatoms. The Morgan fingerprint density at radius 1 is 1.33 bits per heavy atom. The van der Waals surface area contributed by atoms with Crippen LogP contribution in [0.4, 0.5) is 5.69 Å². The normalized spacial score (nSPS) is 19.7. The summed E-state index contributed by atoms with van der Waals surface area (Å²) in [7, 11) is 2.00. The number of amides is 1. The van der Waals surface area contributed by atoms with Crippen LogP contribution in [-0.2, 0) is 4.79 Å². The van der Waals surface area contributed by atoms with E-state index in [0.29, 0.717) is 5.92 Å². The van der Waals surface area contributed by atoms with Crippen molar-refractivity contribution in [2.75, 3.05) is 38.5 Å². The standard InChI is InChI=1S/C17H27N3O/c1-17(2,13-20-10-9-14(12-20)11-18-3)16(21)19-15-7-5-4-6-8-15/h4-8,14,18H,9-13H2,1-3H3,(H,19,21). The van der Waals surface area contributed by atoms with Gasteiger partial charge in [-0.25, -0.2) is 0 Å². The van der Waals surface area contributed by atoms with Crippen LogP contribution in [0.2, 0.25) is 0 Å². The van der Waals surface area contributed by atoms with E-state index in [-0.39, 0.29) is 11.3 Å². The maximum absolute atomic E-state index is 12.5. The fraction of sp³-hybridized carbons (Fsp3) is 0.588. The second-order valence-corrected chi connectivity index (χ2v) is 6.65. The molecule has 1 fully saturated rings. The average molecular weight is 289 g/mol. The molecule has 1 saturated heterocycles. The summed E-state index contributed by atoms with van der Waals surface area (Å²) in [5.74, 6) is 0.800. The van der Waals surface area contributed by atoms with E-state index in [9.17, 15) is 4.79 Å². The van der Waals surface area contributed by atoms with Crippen molar-refractivity contribution in [3.63, 3.8) is 0 Å². The van der Waals surface area contributed by atoms with Gasteiger partial charge in [-0.3, -0.25) is 4.79 Å². The number of benzene rings is 1. The molecule has 2 N–H and O–H groups in total. The van der Waals surface area contributed by atoms with Crippen molar-refractivity contribution in [2.45, 2.75) is 20.3 Å². The third kappa shape index (κ3) is 4.55. The minimum atomic E-state index is -0.385. The molecule has 0 radical (unpaired) electrons. The summed E-state index contributed by atoms with van der Waals surface area (Å²) >= 11 is 0. The number of hydrogen-bond donors (Lipinski definition) is 2. The monoisotopic (exact) mass is 289 g/mol. The first kappa shape index (κ1) is 16.0. The molecule has 0 saturated carbocycles. The largest absolute Gasteiger partial charge is 0.326 e. The molecule has 1 heterocycles. The topological polar surface area (TPSA) is 44.4 Å². The van der Waals surface area contributed by atoms with Crippen molar-refractivity contribution in [1.82, 2.24) is 10.2 Å². The van der Waals surface area contributed by atoms with Gasteiger partial charge in [-0.15, -0.1) is 0 Å². The van der Waals surface area contributed by atoms with Crippen LogP contribution in [0.25, 0.3) is 0 Å². The molecule has 1 unspecified atom stereocenters. The number of para-hydroxylation sites is 1. The van der Waals surface area contributed by atoms with E-state index in [1.807, 2.05) is 51.2 Å². The Bertz CT molecular complexity index is 458. The quantitative estimate of drug-likeness (QED) is 0.844. The zero-order valence-electron chi connectivity index (χ0n) is 13.4. The lowest BCUT2D eigenvalue weighted by molar-refractivity contribution is -0.124. The van der Waals surface area contributed by atoms with Crippen LogP contribution in [0.1, 0.15) is 20.3 Å². The minimum absolute atomic E-state index is 0.0887. The summed E-state index contributed by atoms with van der Waals surface area (Å²) in [6.45, 7) is 8.10. The molecule has 116 valence electrons. The Balaban J connectivity index is 1.88. The van der Waals surface area contributed by atoms with E-state index in [2.05, 4.69) is 15.5 Å². The Labute approximate surface area is 127 Å². The van der Waals surface area contributed by atoms with Crippen molar-refractivity contribution >= 4 is 11.6 Å². The molecule has 21 heavy (non-hydrogen) atoms. The zero-order valence-corrected chi connectivity index (χ0v) is 13.4. The molecular formula is C17H27N3O. The SMILES string of the molecule is CNCC1CCN(CC(C)(C)C(=O)Nc2ccccc2)C1. The van der Waals surface area contributed by atoms with Crippen molar-refractivity contribution in [2.24, 2.45) is 11.3 Å². The van der Waals surface area contributed by atoms with E-state index in [1.165, 1.54) is 6.42 Å². The molecule has 0 bridgehead atoms. The van der Waals surface area contributed by atoms with Crippen LogP contribution < -0.4 is 10.6 Å². The summed E-state index contributed by atoms with van der Waals surface area (Å²) < 4.78 is 0. The van der Waals surface area contributed by atoms with Crippen LogP contribution >= 0.6 is 0 Å². The number of rotatable bonds is 6. The Morgan fingerprint density at radius 2 is 2.05 bits per heavy atom. The first-order valence-corrected chi connectivity index (χ1v) is 7.75. The highest BCUT2D eigenvalue weighted by atomic mass is 16.2. The molecule has 0 aromatic heterocycles. The highest BCUT2D eigenvalue weighted by molar-refractivity contribution is 5.94. The number of carbonyl (C=O) groups is 1. The molecule has 0 spiro atoms. The summed E-state index contributed by atoms with van der Waals surface area (Å²) in [4.78, 5) is 14.9. The molecule has 1 aromatic carbocycles. The molecule has 4 nitrogen and oxygen atoms in total. The number of anilines is 1. The third-order valence-corrected chi connectivity index (χ3v) is 4.13. The number of hydrogen-bond acceptors (Lipinski definition) is 3. The second kappa shape index (κ2) is 7.05. The van der Waals surface area contributed by atoms with Gasteiger partial charge in [0, 0.05) is 18.8 Å². The first-order chi connectivity index (χ1) is 10.0. The van der Waals surface area contributed by atoms with Gasteiger partial charge >= 0.3 is 0 Å². The number of carbonyl (C=O) groups excluding carboxylic acids is 1. The van der Waals surface area contributed by atoms with Gasteiger partial charge in [-0.1, -0.05) is 18.2 Å². The number of nitrogens with zero attached hydrogens (tertiary/aromatic N) is 1. The van der Waals surface area contributed by atoms with E-state index >= 15 is 0 Å². The van der Waals surface area contributed by atoms with E-state index in [0.717, 1.165) is 31.9 Å². The predicted molar refractivity (Wildman–Crippen MR) is 87.3 cm³/mol. The van der Waals surface area contributed by atoms with Gasteiger partial charge in [-0.2, -0.15) is 0 Å². The lowest BCUT2D eigenvalue weighted by Gasteiger charge is -2.29. The maximum Gasteiger partial charge on any atom is 0.231 e. The van der Waals surface area contributed by atoms with Crippen LogP contribution in [0.15, 0.2) is 30.3 Å². The number of nitrogens with one attached hydrogen (secondary N) is 2. The summed E-state index contributed by atoms with van der Waals surface area (Å²) in [5, 5.41) is 6.26. The lowest BCUT2D eigenvalue weighted by Crippen LogP contribution is -2.41. The van der Waals surface area contributed by atoms with Crippen LogP contribution in [0.5, 0.6) is 0 Å². The van der Waals surface area contributed by atoms with Crippen molar-refractivity contribution in [1.29, 1.82) is 0 Å². The summed E-state index contributed by atoms with van der Waals surface area (Å²) in [5.41, 5.74) is 0.481. The van der Waals surface area contributed by atoms with Gasteiger partial charge in [-0.05, 0) is 58.5 Å². The highest BCUT2D eigenvalue weighted by Crippen LogP contribution is 2.24. The Morgan fingerprint density at radius 3 is 2.71 bits per heavy atom. The molecular weight excluding hydrogens is 262 g/mol. The Hall–Kier alpha value is -1.39. The number of likely N-dealkylation sites (tertiary alicyclic amines) is 1. The fourth-order valence-corrected chi connectivity index (χ4v) is 2.96. The van der Waals surface area contributed by atoms with Crippen molar-refractivity contribution in [3.8, 4) is 0 Å².